The van der Waals surface area contributed by atoms with Crippen LogP contribution in [0.1, 0.15) is 17.2 Å². The fourth-order valence-corrected chi connectivity index (χ4v) is 2.41. The summed E-state index contributed by atoms with van der Waals surface area (Å²) in [6, 6.07) is 18.4. The zero-order valence-electron chi connectivity index (χ0n) is 11.5. The van der Waals surface area contributed by atoms with Gasteiger partial charge in [0.2, 0.25) is 0 Å². The minimum atomic E-state index is -0.246. The molecule has 0 bridgehead atoms. The molecule has 0 spiro atoms. The quantitative estimate of drug-likeness (QED) is 0.771. The highest BCUT2D eigenvalue weighted by molar-refractivity contribution is 5.59. The molecule has 1 atom stereocenters. The van der Waals surface area contributed by atoms with E-state index in [0.717, 1.165) is 22.5 Å². The Morgan fingerprint density at radius 3 is 2.43 bits per heavy atom. The van der Waals surface area contributed by atoms with Crippen molar-refractivity contribution >= 4 is 0 Å². The first-order valence-electron chi connectivity index (χ1n) is 6.84. The zero-order valence-corrected chi connectivity index (χ0v) is 11.5. The summed E-state index contributed by atoms with van der Waals surface area (Å²) < 4.78 is 13.0. The summed E-state index contributed by atoms with van der Waals surface area (Å²) in [5, 5.41) is 7.39. The summed E-state index contributed by atoms with van der Waals surface area (Å²) in [5.74, 6) is -0.264. The number of aromatic amines is 1. The molecule has 1 unspecified atom stereocenters. The minimum absolute atomic E-state index is 0.0180. The average Bonchev–Trinajstić information content (AvgIpc) is 3.00. The lowest BCUT2D eigenvalue weighted by atomic mass is 9.95. The molecule has 3 nitrogen and oxygen atoms in total. The second-order valence-electron chi connectivity index (χ2n) is 4.91. The average molecular weight is 281 g/mol. The van der Waals surface area contributed by atoms with Gasteiger partial charge in [-0.15, -0.1) is 0 Å². The molecular weight excluding hydrogens is 265 g/mol. The van der Waals surface area contributed by atoms with Gasteiger partial charge < -0.3 is 5.73 Å². The smallest absolute Gasteiger partial charge is 0.123 e. The number of benzene rings is 2. The summed E-state index contributed by atoms with van der Waals surface area (Å²) in [5.41, 5.74) is 9.72. The molecule has 3 N–H and O–H groups in total. The van der Waals surface area contributed by atoms with Crippen LogP contribution in [0.3, 0.4) is 0 Å². The molecule has 106 valence electrons. The highest BCUT2D eigenvalue weighted by Gasteiger charge is 2.15. The molecule has 0 aliphatic carbocycles. The Labute approximate surface area is 122 Å². The molecule has 0 aliphatic rings. The number of nitrogens with two attached hydrogens (primary N) is 1. The van der Waals surface area contributed by atoms with E-state index in [9.17, 15) is 4.39 Å². The lowest BCUT2D eigenvalue weighted by Gasteiger charge is -2.12. The Kier molecular flexibility index (Phi) is 3.79. The van der Waals surface area contributed by atoms with Crippen molar-refractivity contribution < 1.29 is 4.39 Å². The van der Waals surface area contributed by atoms with Crippen LogP contribution in [0.5, 0.6) is 0 Å². The first-order valence-corrected chi connectivity index (χ1v) is 6.84. The molecule has 3 aromatic rings. The number of nitrogens with zero attached hydrogens (tertiary/aromatic N) is 1. The summed E-state index contributed by atoms with van der Waals surface area (Å²) >= 11 is 0. The minimum Gasteiger partial charge on any atom is -0.329 e. The molecule has 0 saturated heterocycles. The van der Waals surface area contributed by atoms with Crippen LogP contribution < -0.4 is 5.73 Å². The van der Waals surface area contributed by atoms with Gasteiger partial charge >= 0.3 is 0 Å². The number of hydrogen-bond donors (Lipinski definition) is 2. The summed E-state index contributed by atoms with van der Waals surface area (Å²) in [6.45, 7) is 0.433. The predicted molar refractivity (Wildman–Crippen MR) is 81.3 cm³/mol. The van der Waals surface area contributed by atoms with Crippen LogP contribution in [0.15, 0.2) is 60.7 Å². The highest BCUT2D eigenvalue weighted by Crippen LogP contribution is 2.26. The van der Waals surface area contributed by atoms with Gasteiger partial charge in [-0.1, -0.05) is 42.5 Å². The molecule has 0 fully saturated rings. The van der Waals surface area contributed by atoms with E-state index in [-0.39, 0.29) is 11.7 Å². The second kappa shape index (κ2) is 5.89. The van der Waals surface area contributed by atoms with Gasteiger partial charge in [0.15, 0.2) is 0 Å². The maximum absolute atomic E-state index is 13.0. The van der Waals surface area contributed by atoms with Crippen LogP contribution in [0.25, 0.3) is 11.3 Å². The monoisotopic (exact) mass is 281 g/mol. The van der Waals surface area contributed by atoms with Gasteiger partial charge in [-0.05, 0) is 23.8 Å². The van der Waals surface area contributed by atoms with E-state index >= 15 is 0 Å². The molecule has 2 aromatic carbocycles. The van der Waals surface area contributed by atoms with Gasteiger partial charge in [0.25, 0.3) is 0 Å². The van der Waals surface area contributed by atoms with Gasteiger partial charge in [-0.25, -0.2) is 4.39 Å². The van der Waals surface area contributed by atoms with Crippen LogP contribution in [-0.2, 0) is 0 Å². The number of H-pyrrole nitrogens is 1. The van der Waals surface area contributed by atoms with Crippen LogP contribution in [0.4, 0.5) is 4.39 Å². The Morgan fingerprint density at radius 1 is 1.05 bits per heavy atom. The molecule has 1 aromatic heterocycles. The van der Waals surface area contributed by atoms with Crippen molar-refractivity contribution in [3.63, 3.8) is 0 Å². The first-order chi connectivity index (χ1) is 10.3. The van der Waals surface area contributed by atoms with Crippen molar-refractivity contribution in [1.29, 1.82) is 0 Å². The van der Waals surface area contributed by atoms with Gasteiger partial charge in [0, 0.05) is 23.7 Å². The number of halogens is 1. The maximum Gasteiger partial charge on any atom is 0.123 e. The molecule has 0 radical (unpaired) electrons. The number of rotatable bonds is 4. The van der Waals surface area contributed by atoms with E-state index in [0.29, 0.717) is 6.54 Å². The third-order valence-corrected chi connectivity index (χ3v) is 3.55. The standard InChI is InChI=1S/C17H16FN3/c18-14-8-6-12(7-9-14)15(11-19)17-10-16(20-21-17)13-4-2-1-3-5-13/h1-10,15H,11,19H2,(H,20,21). The molecule has 4 heteroatoms. The van der Waals surface area contributed by atoms with Gasteiger partial charge in [-0.3, -0.25) is 5.10 Å². The molecule has 1 heterocycles. The van der Waals surface area contributed by atoms with E-state index in [1.165, 1.54) is 12.1 Å². The Bertz CT molecular complexity index is 704. The first kappa shape index (κ1) is 13.5. The van der Waals surface area contributed by atoms with E-state index in [4.69, 9.17) is 5.73 Å². The maximum atomic E-state index is 13.0. The van der Waals surface area contributed by atoms with Gasteiger partial charge in [-0.2, -0.15) is 5.10 Å². The van der Waals surface area contributed by atoms with E-state index in [2.05, 4.69) is 10.2 Å². The molecule has 0 aliphatic heterocycles. The fourth-order valence-electron chi connectivity index (χ4n) is 2.41. The predicted octanol–water partition coefficient (Wildman–Crippen LogP) is 3.31. The molecule has 3 rings (SSSR count). The normalized spacial score (nSPS) is 12.3. The molecule has 0 saturated carbocycles. The lowest BCUT2D eigenvalue weighted by Crippen LogP contribution is -2.14. The topological polar surface area (TPSA) is 54.7 Å². The SMILES string of the molecule is NCC(c1ccc(F)cc1)c1cc(-c2ccccc2)n[nH]1. The van der Waals surface area contributed by atoms with Gasteiger partial charge in [0.1, 0.15) is 5.82 Å². The van der Waals surface area contributed by atoms with Crippen molar-refractivity contribution in [2.75, 3.05) is 6.54 Å². The second-order valence-corrected chi connectivity index (χ2v) is 4.91. The van der Waals surface area contributed by atoms with E-state index < -0.39 is 0 Å². The van der Waals surface area contributed by atoms with Crippen LogP contribution in [0.2, 0.25) is 0 Å². The Balaban J connectivity index is 1.92. The zero-order chi connectivity index (χ0) is 14.7. The molecule has 0 amide bonds. The summed E-state index contributed by atoms with van der Waals surface area (Å²) in [4.78, 5) is 0. The van der Waals surface area contributed by atoms with E-state index in [1.807, 2.05) is 36.4 Å². The van der Waals surface area contributed by atoms with Crippen molar-refractivity contribution in [2.45, 2.75) is 5.92 Å². The molecule has 21 heavy (non-hydrogen) atoms. The lowest BCUT2D eigenvalue weighted by molar-refractivity contribution is 0.626. The highest BCUT2D eigenvalue weighted by atomic mass is 19.1. The largest absolute Gasteiger partial charge is 0.329 e. The van der Waals surface area contributed by atoms with Crippen LogP contribution in [0, 0.1) is 5.82 Å². The van der Waals surface area contributed by atoms with Gasteiger partial charge in [0.05, 0.1) is 5.69 Å². The summed E-state index contributed by atoms with van der Waals surface area (Å²) in [6.07, 6.45) is 0. The third-order valence-electron chi connectivity index (χ3n) is 3.55. The number of hydrogen-bond acceptors (Lipinski definition) is 2. The number of nitrogens with one attached hydrogen (secondary N) is 1. The number of aromatic nitrogens is 2. The Hall–Kier alpha value is -2.46. The van der Waals surface area contributed by atoms with Crippen molar-refractivity contribution in [2.24, 2.45) is 5.73 Å². The van der Waals surface area contributed by atoms with Crippen molar-refractivity contribution in [3.05, 3.63) is 77.7 Å². The Morgan fingerprint density at radius 2 is 1.76 bits per heavy atom. The van der Waals surface area contributed by atoms with Crippen LogP contribution >= 0.6 is 0 Å². The van der Waals surface area contributed by atoms with Crippen molar-refractivity contribution in [1.82, 2.24) is 10.2 Å². The fraction of sp³-hybridized carbons (Fsp3) is 0.118. The van der Waals surface area contributed by atoms with Crippen molar-refractivity contribution in [3.8, 4) is 11.3 Å². The molecular formula is C17H16FN3. The van der Waals surface area contributed by atoms with Crippen LogP contribution in [-0.4, -0.2) is 16.7 Å². The summed E-state index contributed by atoms with van der Waals surface area (Å²) in [7, 11) is 0. The third kappa shape index (κ3) is 2.85. The van der Waals surface area contributed by atoms with E-state index in [1.54, 1.807) is 12.1 Å².